The van der Waals surface area contributed by atoms with Gasteiger partial charge in [0.2, 0.25) is 0 Å². The van der Waals surface area contributed by atoms with Crippen LogP contribution in [0.3, 0.4) is 0 Å². The predicted octanol–water partition coefficient (Wildman–Crippen LogP) is 14.0. The Morgan fingerprint density at radius 3 is 1.22 bits per heavy atom. The smallest absolute Gasteiger partial charge is 0.166 e. The lowest BCUT2D eigenvalue weighted by molar-refractivity contribution is 0.632. The van der Waals surface area contributed by atoms with Gasteiger partial charge in [-0.3, -0.25) is 0 Å². The molecule has 0 spiro atoms. The van der Waals surface area contributed by atoms with Gasteiger partial charge in [0, 0.05) is 22.1 Å². The van der Waals surface area contributed by atoms with Crippen molar-refractivity contribution in [2.75, 3.05) is 4.90 Å². The van der Waals surface area contributed by atoms with E-state index >= 15 is 0 Å². The molecule has 0 saturated heterocycles. The van der Waals surface area contributed by atoms with Crippen molar-refractivity contribution in [3.05, 3.63) is 217 Å². The maximum absolute atomic E-state index is 5.30. The molecule has 1 aliphatic rings. The number of rotatable bonds is 7. The SMILES string of the molecule is CC1(C)c2ccccc2N(c2ccc(-c3ccc(-c4ccccc4)c(-c4ccccc4)c3)cc2-c2nc(-c3ccccc3)nc(-c3ccccc3)n2)c2ccccc21. The van der Waals surface area contributed by atoms with Gasteiger partial charge in [-0.05, 0) is 74.8 Å². The van der Waals surface area contributed by atoms with Gasteiger partial charge in [-0.1, -0.05) is 190 Å². The summed E-state index contributed by atoms with van der Waals surface area (Å²) in [6.45, 7) is 4.64. The number of fused-ring (bicyclic) bond motifs is 2. The standard InChI is InChI=1S/C54H40N4/c1-54(2)46-27-15-17-29-49(46)58(50-30-18-16-28-47(50)54)48-34-32-42(41-31-33-43(37-19-7-3-8-20-37)44(35-41)38-21-9-4-10-22-38)36-45(48)53-56-51(39-23-11-5-12-24-39)55-52(57-53)40-25-13-6-14-26-40/h3-36H,1-2H3. The topological polar surface area (TPSA) is 41.9 Å². The first-order valence-electron chi connectivity index (χ1n) is 19.8. The van der Waals surface area contributed by atoms with E-state index in [0.717, 1.165) is 44.9 Å². The van der Waals surface area contributed by atoms with Crippen LogP contribution in [0.15, 0.2) is 206 Å². The van der Waals surface area contributed by atoms with Gasteiger partial charge in [-0.15, -0.1) is 0 Å². The fourth-order valence-corrected chi connectivity index (χ4v) is 8.40. The molecule has 1 aromatic heterocycles. The number of hydrogen-bond acceptors (Lipinski definition) is 4. The molecule has 9 aromatic rings. The summed E-state index contributed by atoms with van der Waals surface area (Å²) in [5, 5.41) is 0. The van der Waals surface area contributed by atoms with Crippen molar-refractivity contribution in [2.24, 2.45) is 0 Å². The molecule has 0 saturated carbocycles. The van der Waals surface area contributed by atoms with Gasteiger partial charge in [0.25, 0.3) is 0 Å². The van der Waals surface area contributed by atoms with Crippen molar-refractivity contribution >= 4 is 17.1 Å². The first-order chi connectivity index (χ1) is 28.5. The van der Waals surface area contributed by atoms with Crippen molar-refractivity contribution in [3.8, 4) is 67.5 Å². The van der Waals surface area contributed by atoms with Gasteiger partial charge in [-0.25, -0.2) is 15.0 Å². The molecule has 0 unspecified atom stereocenters. The van der Waals surface area contributed by atoms with E-state index in [9.17, 15) is 0 Å². The van der Waals surface area contributed by atoms with Crippen LogP contribution in [0.2, 0.25) is 0 Å². The molecule has 0 amide bonds. The fourth-order valence-electron chi connectivity index (χ4n) is 8.40. The van der Waals surface area contributed by atoms with Crippen LogP contribution in [-0.2, 0) is 5.41 Å². The molecule has 8 aromatic carbocycles. The molecular weight excluding hydrogens is 705 g/mol. The van der Waals surface area contributed by atoms with Crippen LogP contribution in [0, 0.1) is 0 Å². The molecule has 0 atom stereocenters. The molecule has 276 valence electrons. The summed E-state index contributed by atoms with van der Waals surface area (Å²) in [7, 11) is 0. The van der Waals surface area contributed by atoms with E-state index in [0.29, 0.717) is 17.5 Å². The Morgan fingerprint density at radius 2 is 0.707 bits per heavy atom. The Balaban J connectivity index is 1.24. The molecule has 0 bridgehead atoms. The number of anilines is 3. The summed E-state index contributed by atoms with van der Waals surface area (Å²) in [5.74, 6) is 1.86. The number of aromatic nitrogens is 3. The van der Waals surface area contributed by atoms with E-state index < -0.39 is 0 Å². The minimum absolute atomic E-state index is 0.202. The van der Waals surface area contributed by atoms with Gasteiger partial charge in [-0.2, -0.15) is 0 Å². The normalized spacial score (nSPS) is 12.8. The van der Waals surface area contributed by atoms with Crippen molar-refractivity contribution in [3.63, 3.8) is 0 Å². The molecule has 4 nitrogen and oxygen atoms in total. The average Bonchev–Trinajstić information content (AvgIpc) is 3.30. The second-order valence-corrected chi connectivity index (χ2v) is 15.3. The minimum atomic E-state index is -0.202. The summed E-state index contributed by atoms with van der Waals surface area (Å²) in [6, 6.07) is 72.8. The third kappa shape index (κ3) is 6.25. The lowest BCUT2D eigenvalue weighted by Crippen LogP contribution is -2.30. The van der Waals surface area contributed by atoms with Gasteiger partial charge in [0.15, 0.2) is 17.5 Å². The lowest BCUT2D eigenvalue weighted by Gasteiger charge is -2.42. The third-order valence-electron chi connectivity index (χ3n) is 11.3. The van der Waals surface area contributed by atoms with E-state index in [1.165, 1.54) is 33.4 Å². The number of benzene rings is 8. The van der Waals surface area contributed by atoms with Gasteiger partial charge in [0.05, 0.1) is 17.1 Å². The Labute approximate surface area is 339 Å². The highest BCUT2D eigenvalue weighted by Gasteiger charge is 2.37. The molecule has 2 heterocycles. The monoisotopic (exact) mass is 744 g/mol. The van der Waals surface area contributed by atoms with Gasteiger partial charge in [0.1, 0.15) is 0 Å². The first kappa shape index (κ1) is 35.0. The zero-order valence-electron chi connectivity index (χ0n) is 32.4. The Bertz CT molecular complexity index is 2800. The summed E-state index contributed by atoms with van der Waals surface area (Å²) in [4.78, 5) is 18.1. The molecule has 1 aliphatic heterocycles. The van der Waals surface area contributed by atoms with Crippen molar-refractivity contribution < 1.29 is 0 Å². The highest BCUT2D eigenvalue weighted by atomic mass is 15.2. The number of hydrogen-bond donors (Lipinski definition) is 0. The molecule has 4 heteroatoms. The highest BCUT2D eigenvalue weighted by molar-refractivity contribution is 5.94. The van der Waals surface area contributed by atoms with Crippen molar-refractivity contribution in [2.45, 2.75) is 19.3 Å². The third-order valence-corrected chi connectivity index (χ3v) is 11.3. The van der Waals surface area contributed by atoms with E-state index in [-0.39, 0.29) is 5.41 Å². The lowest BCUT2D eigenvalue weighted by atomic mass is 9.73. The maximum Gasteiger partial charge on any atom is 0.166 e. The molecule has 0 radical (unpaired) electrons. The fraction of sp³-hybridized carbons (Fsp3) is 0.0556. The van der Waals surface area contributed by atoms with Crippen molar-refractivity contribution in [1.29, 1.82) is 0 Å². The van der Waals surface area contributed by atoms with Gasteiger partial charge < -0.3 is 4.90 Å². The summed E-state index contributed by atoms with van der Waals surface area (Å²) >= 11 is 0. The Hall–Kier alpha value is -7.43. The highest BCUT2D eigenvalue weighted by Crippen LogP contribution is 2.53. The van der Waals surface area contributed by atoms with Crippen LogP contribution < -0.4 is 4.90 Å². The van der Waals surface area contributed by atoms with Crippen LogP contribution in [0.1, 0.15) is 25.0 Å². The van der Waals surface area contributed by atoms with E-state index in [1.807, 2.05) is 36.4 Å². The van der Waals surface area contributed by atoms with Crippen LogP contribution in [-0.4, -0.2) is 15.0 Å². The van der Waals surface area contributed by atoms with Crippen LogP contribution in [0.4, 0.5) is 17.1 Å². The van der Waals surface area contributed by atoms with Crippen molar-refractivity contribution in [1.82, 2.24) is 15.0 Å². The quantitative estimate of drug-likeness (QED) is 0.163. The minimum Gasteiger partial charge on any atom is -0.309 e. The zero-order valence-corrected chi connectivity index (χ0v) is 32.4. The largest absolute Gasteiger partial charge is 0.309 e. The first-order valence-corrected chi connectivity index (χ1v) is 19.8. The predicted molar refractivity (Wildman–Crippen MR) is 239 cm³/mol. The molecule has 0 N–H and O–H groups in total. The van der Waals surface area contributed by atoms with E-state index in [4.69, 9.17) is 15.0 Å². The second-order valence-electron chi connectivity index (χ2n) is 15.3. The van der Waals surface area contributed by atoms with Crippen LogP contribution in [0.25, 0.3) is 67.5 Å². The molecule has 0 fully saturated rings. The molecule has 0 aliphatic carbocycles. The molecular formula is C54H40N4. The zero-order chi connectivity index (χ0) is 39.1. The number of para-hydroxylation sites is 2. The van der Waals surface area contributed by atoms with Crippen LogP contribution in [0.5, 0.6) is 0 Å². The van der Waals surface area contributed by atoms with E-state index in [1.54, 1.807) is 0 Å². The maximum atomic E-state index is 5.30. The summed E-state index contributed by atoms with van der Waals surface area (Å²) in [6.07, 6.45) is 0. The average molecular weight is 745 g/mol. The number of nitrogens with zero attached hydrogens (tertiary/aromatic N) is 4. The summed E-state index contributed by atoms with van der Waals surface area (Å²) in [5.41, 5.74) is 15.2. The van der Waals surface area contributed by atoms with Gasteiger partial charge >= 0.3 is 0 Å². The molecule has 10 rings (SSSR count). The molecule has 58 heavy (non-hydrogen) atoms. The second kappa shape index (κ2) is 14.6. The Morgan fingerprint density at radius 1 is 0.310 bits per heavy atom. The van der Waals surface area contributed by atoms with Crippen LogP contribution >= 0.6 is 0 Å². The Kier molecular flexibility index (Phi) is 8.80. The summed E-state index contributed by atoms with van der Waals surface area (Å²) < 4.78 is 0. The van der Waals surface area contributed by atoms with E-state index in [2.05, 4.69) is 189 Å².